The zero-order chi connectivity index (χ0) is 15.3. The number of nitrogens with one attached hydrogen (secondary N) is 1. The Morgan fingerprint density at radius 1 is 1.30 bits per heavy atom. The van der Waals surface area contributed by atoms with Gasteiger partial charge in [-0.3, -0.25) is 4.79 Å². The summed E-state index contributed by atoms with van der Waals surface area (Å²) in [6.07, 6.45) is 2.83. The van der Waals surface area contributed by atoms with E-state index in [1.165, 1.54) is 0 Å². The van der Waals surface area contributed by atoms with Gasteiger partial charge in [-0.1, -0.05) is 0 Å². The Balaban J connectivity index is 2.64. The number of carboxylic acids is 1. The second kappa shape index (κ2) is 7.12. The summed E-state index contributed by atoms with van der Waals surface area (Å²) in [7, 11) is 0. The molecule has 3 atom stereocenters. The van der Waals surface area contributed by atoms with Gasteiger partial charge in [0.1, 0.15) is 6.04 Å². The molecule has 1 rings (SSSR count). The lowest BCUT2D eigenvalue weighted by Gasteiger charge is -2.39. The van der Waals surface area contributed by atoms with Crippen LogP contribution in [0.4, 0.5) is 4.79 Å². The zero-order valence-electron chi connectivity index (χ0n) is 12.0. The van der Waals surface area contributed by atoms with Crippen molar-refractivity contribution in [3.05, 3.63) is 0 Å². The molecule has 1 aliphatic rings. The first-order valence-corrected chi connectivity index (χ1v) is 6.93. The number of amides is 3. The molecule has 1 aliphatic heterocycles. The maximum atomic E-state index is 12.2. The molecular formula is C13H23N3O4. The molecule has 0 aromatic rings. The lowest BCUT2D eigenvalue weighted by Crippen LogP contribution is -2.55. The fourth-order valence-electron chi connectivity index (χ4n) is 2.59. The average molecular weight is 285 g/mol. The maximum absolute atomic E-state index is 12.2. The number of nitrogens with two attached hydrogens (primary N) is 1. The van der Waals surface area contributed by atoms with Crippen LogP contribution in [0.25, 0.3) is 0 Å². The predicted octanol–water partition coefficient (Wildman–Crippen LogP) is 0.678. The molecule has 3 unspecified atom stereocenters. The molecule has 0 spiro atoms. The van der Waals surface area contributed by atoms with Gasteiger partial charge >= 0.3 is 12.0 Å². The number of carboxylic acid groups (broad SMARTS) is 1. The quantitative estimate of drug-likeness (QED) is 0.689. The lowest BCUT2D eigenvalue weighted by molar-refractivity contribution is -0.139. The predicted molar refractivity (Wildman–Crippen MR) is 73.0 cm³/mol. The van der Waals surface area contributed by atoms with Crippen LogP contribution in [0, 0.1) is 0 Å². The summed E-state index contributed by atoms with van der Waals surface area (Å²) >= 11 is 0. The molecule has 0 aliphatic carbocycles. The minimum Gasteiger partial charge on any atom is -0.480 e. The molecule has 1 saturated heterocycles. The molecule has 1 heterocycles. The van der Waals surface area contributed by atoms with Crippen LogP contribution in [-0.4, -0.2) is 46.0 Å². The first kappa shape index (κ1) is 16.3. The molecule has 0 saturated carbocycles. The Hall–Kier alpha value is -1.79. The SMILES string of the molecule is CC1CCCC(C)N1C(=O)NC(CCC(N)=O)C(=O)O. The van der Waals surface area contributed by atoms with Crippen LogP contribution in [-0.2, 0) is 9.59 Å². The van der Waals surface area contributed by atoms with Gasteiger partial charge in [-0.2, -0.15) is 0 Å². The van der Waals surface area contributed by atoms with E-state index in [1.807, 2.05) is 13.8 Å². The van der Waals surface area contributed by atoms with Crippen LogP contribution in [0.3, 0.4) is 0 Å². The fourth-order valence-corrected chi connectivity index (χ4v) is 2.59. The second-order valence-corrected chi connectivity index (χ2v) is 5.38. The minimum atomic E-state index is -1.16. The summed E-state index contributed by atoms with van der Waals surface area (Å²) in [6.45, 7) is 3.91. The Bertz CT molecular complexity index is 376. The highest BCUT2D eigenvalue weighted by Crippen LogP contribution is 2.22. The van der Waals surface area contributed by atoms with Crippen LogP contribution in [0.5, 0.6) is 0 Å². The van der Waals surface area contributed by atoms with Crippen molar-refractivity contribution in [2.24, 2.45) is 5.73 Å². The fraction of sp³-hybridized carbons (Fsp3) is 0.769. The van der Waals surface area contributed by atoms with Crippen molar-refractivity contribution in [1.82, 2.24) is 10.2 Å². The van der Waals surface area contributed by atoms with Gasteiger partial charge in [-0.15, -0.1) is 0 Å². The summed E-state index contributed by atoms with van der Waals surface area (Å²) in [6, 6.07) is -1.30. The van der Waals surface area contributed by atoms with Gasteiger partial charge < -0.3 is 21.1 Å². The highest BCUT2D eigenvalue weighted by molar-refractivity contribution is 5.83. The number of rotatable bonds is 5. The average Bonchev–Trinajstić information content (AvgIpc) is 2.33. The summed E-state index contributed by atoms with van der Waals surface area (Å²) < 4.78 is 0. The topological polar surface area (TPSA) is 113 Å². The Morgan fingerprint density at radius 2 is 1.85 bits per heavy atom. The van der Waals surface area contributed by atoms with Crippen molar-refractivity contribution in [2.75, 3.05) is 0 Å². The van der Waals surface area contributed by atoms with Gasteiger partial charge in [0.15, 0.2) is 0 Å². The van der Waals surface area contributed by atoms with Crippen LogP contribution >= 0.6 is 0 Å². The molecule has 20 heavy (non-hydrogen) atoms. The number of urea groups is 1. The van der Waals surface area contributed by atoms with Crippen molar-refractivity contribution in [1.29, 1.82) is 0 Å². The zero-order valence-corrected chi connectivity index (χ0v) is 12.0. The highest BCUT2D eigenvalue weighted by Gasteiger charge is 2.31. The van der Waals surface area contributed by atoms with E-state index in [-0.39, 0.29) is 31.0 Å². The molecule has 1 fully saturated rings. The Labute approximate surface area is 118 Å². The smallest absolute Gasteiger partial charge is 0.326 e. The number of carbonyl (C=O) groups is 3. The van der Waals surface area contributed by atoms with E-state index in [0.717, 1.165) is 19.3 Å². The van der Waals surface area contributed by atoms with Gasteiger partial charge in [0.25, 0.3) is 0 Å². The molecule has 114 valence electrons. The molecular weight excluding hydrogens is 262 g/mol. The molecule has 0 radical (unpaired) electrons. The molecule has 0 bridgehead atoms. The minimum absolute atomic E-state index is 0.00695. The third-order valence-corrected chi connectivity index (χ3v) is 3.70. The number of primary amides is 1. The number of likely N-dealkylation sites (tertiary alicyclic amines) is 1. The third-order valence-electron chi connectivity index (χ3n) is 3.70. The number of aliphatic carboxylic acids is 1. The van der Waals surface area contributed by atoms with E-state index in [4.69, 9.17) is 10.8 Å². The number of nitrogens with zero attached hydrogens (tertiary/aromatic N) is 1. The standard InChI is InChI=1S/C13H23N3O4/c1-8-4-3-5-9(2)16(8)13(20)15-10(12(18)19)6-7-11(14)17/h8-10H,3-7H2,1-2H3,(H2,14,17)(H,15,20)(H,18,19). The van der Waals surface area contributed by atoms with Gasteiger partial charge in [0.05, 0.1) is 0 Å². The summed E-state index contributed by atoms with van der Waals surface area (Å²) in [5.41, 5.74) is 5.00. The second-order valence-electron chi connectivity index (χ2n) is 5.38. The number of hydrogen-bond donors (Lipinski definition) is 3. The third kappa shape index (κ3) is 4.40. The molecule has 3 amide bonds. The van der Waals surface area contributed by atoms with Crippen molar-refractivity contribution in [3.8, 4) is 0 Å². The normalized spacial score (nSPS) is 24.0. The molecule has 4 N–H and O–H groups in total. The van der Waals surface area contributed by atoms with E-state index in [0.29, 0.717) is 0 Å². The van der Waals surface area contributed by atoms with Crippen molar-refractivity contribution >= 4 is 17.9 Å². The van der Waals surface area contributed by atoms with Crippen LogP contribution < -0.4 is 11.1 Å². The van der Waals surface area contributed by atoms with Gasteiger partial charge in [0.2, 0.25) is 5.91 Å². The Kier molecular flexibility index (Phi) is 5.79. The van der Waals surface area contributed by atoms with Crippen LogP contribution in [0.2, 0.25) is 0 Å². The Morgan fingerprint density at radius 3 is 2.30 bits per heavy atom. The largest absolute Gasteiger partial charge is 0.480 e. The summed E-state index contributed by atoms with van der Waals surface area (Å²) in [5, 5.41) is 11.6. The van der Waals surface area contributed by atoms with Gasteiger partial charge in [0, 0.05) is 18.5 Å². The van der Waals surface area contributed by atoms with Crippen LogP contribution in [0.15, 0.2) is 0 Å². The van der Waals surface area contributed by atoms with Crippen molar-refractivity contribution in [2.45, 2.75) is 64.1 Å². The maximum Gasteiger partial charge on any atom is 0.326 e. The molecule has 0 aromatic carbocycles. The van der Waals surface area contributed by atoms with E-state index in [9.17, 15) is 14.4 Å². The number of piperidine rings is 1. The number of hydrogen-bond acceptors (Lipinski definition) is 3. The van der Waals surface area contributed by atoms with Crippen molar-refractivity contribution in [3.63, 3.8) is 0 Å². The summed E-state index contributed by atoms with van der Waals surface area (Å²) in [4.78, 5) is 35.7. The van der Waals surface area contributed by atoms with E-state index in [1.54, 1.807) is 4.90 Å². The highest BCUT2D eigenvalue weighted by atomic mass is 16.4. The first-order valence-electron chi connectivity index (χ1n) is 6.93. The molecule has 7 heteroatoms. The first-order chi connectivity index (χ1) is 9.32. The van der Waals surface area contributed by atoms with E-state index < -0.39 is 17.9 Å². The molecule has 7 nitrogen and oxygen atoms in total. The van der Waals surface area contributed by atoms with E-state index in [2.05, 4.69) is 5.32 Å². The monoisotopic (exact) mass is 285 g/mol. The van der Waals surface area contributed by atoms with Crippen LogP contribution in [0.1, 0.15) is 46.0 Å². The van der Waals surface area contributed by atoms with Gasteiger partial charge in [-0.05, 0) is 39.5 Å². The van der Waals surface area contributed by atoms with Gasteiger partial charge in [-0.25, -0.2) is 9.59 Å². The van der Waals surface area contributed by atoms with Crippen molar-refractivity contribution < 1.29 is 19.5 Å². The molecule has 0 aromatic heterocycles. The summed E-state index contributed by atoms with van der Waals surface area (Å²) in [5.74, 6) is -1.73. The number of carbonyl (C=O) groups excluding carboxylic acids is 2. The lowest BCUT2D eigenvalue weighted by atomic mass is 9.98. The van der Waals surface area contributed by atoms with E-state index >= 15 is 0 Å².